The highest BCUT2D eigenvalue weighted by atomic mass is 16.5. The Labute approximate surface area is 133 Å². The molecule has 4 rings (SSSR count). The van der Waals surface area contributed by atoms with E-state index in [9.17, 15) is 4.79 Å². The van der Waals surface area contributed by atoms with Crippen LogP contribution in [0.15, 0.2) is 48.5 Å². The minimum atomic E-state index is -0.493. The van der Waals surface area contributed by atoms with Crippen molar-refractivity contribution in [2.24, 2.45) is 0 Å². The van der Waals surface area contributed by atoms with E-state index in [1.165, 1.54) is 22.2 Å². The van der Waals surface area contributed by atoms with E-state index < -0.39 is 5.91 Å². The van der Waals surface area contributed by atoms with Gasteiger partial charge in [0.15, 0.2) is 0 Å². The molecule has 5 nitrogen and oxygen atoms in total. The maximum atomic E-state index is 11.4. The lowest BCUT2D eigenvalue weighted by Gasteiger charge is -2.29. The van der Waals surface area contributed by atoms with Crippen LogP contribution >= 0.6 is 0 Å². The Kier molecular flexibility index (Phi) is 3.28. The van der Waals surface area contributed by atoms with E-state index in [-0.39, 0.29) is 0 Å². The molecule has 0 bridgehead atoms. The van der Waals surface area contributed by atoms with E-state index in [0.717, 1.165) is 25.2 Å². The Morgan fingerprint density at radius 2 is 1.91 bits per heavy atom. The van der Waals surface area contributed by atoms with Crippen molar-refractivity contribution >= 4 is 22.5 Å². The van der Waals surface area contributed by atoms with Crippen molar-refractivity contribution < 1.29 is 10.0 Å². The lowest BCUT2D eigenvalue weighted by Crippen LogP contribution is -2.30. The Balaban J connectivity index is 1.61. The molecule has 0 unspecified atom stereocenters. The van der Waals surface area contributed by atoms with Gasteiger partial charge in [0.25, 0.3) is 5.91 Å². The fourth-order valence-corrected chi connectivity index (χ4v) is 3.30. The average Bonchev–Trinajstić information content (AvgIpc) is 2.99. The van der Waals surface area contributed by atoms with E-state index in [1.54, 1.807) is 17.6 Å². The molecule has 23 heavy (non-hydrogen) atoms. The van der Waals surface area contributed by atoms with E-state index in [2.05, 4.69) is 28.1 Å². The maximum Gasteiger partial charge on any atom is 0.274 e. The number of aromatic nitrogens is 1. The quantitative estimate of drug-likeness (QED) is 0.504. The number of hydrogen-bond donors (Lipinski definition) is 3. The molecule has 0 aliphatic carbocycles. The van der Waals surface area contributed by atoms with Gasteiger partial charge in [0.2, 0.25) is 0 Å². The topological polar surface area (TPSA) is 68.4 Å². The van der Waals surface area contributed by atoms with Gasteiger partial charge in [-0.05, 0) is 42.3 Å². The number of hydrogen-bond acceptors (Lipinski definition) is 3. The second kappa shape index (κ2) is 5.44. The number of carbonyl (C=O) groups is 1. The molecular weight excluding hydrogens is 290 g/mol. The Hall–Kier alpha value is -2.79. The Morgan fingerprint density at radius 1 is 1.13 bits per heavy atom. The van der Waals surface area contributed by atoms with Crippen molar-refractivity contribution in [2.75, 3.05) is 11.4 Å². The maximum absolute atomic E-state index is 11.4. The van der Waals surface area contributed by atoms with Crippen LogP contribution < -0.4 is 10.4 Å². The highest BCUT2D eigenvalue weighted by molar-refractivity contribution is 5.93. The fourth-order valence-electron chi connectivity index (χ4n) is 3.30. The first-order chi connectivity index (χ1) is 11.3. The van der Waals surface area contributed by atoms with Crippen LogP contribution in [0.5, 0.6) is 0 Å². The zero-order valence-corrected chi connectivity index (χ0v) is 12.5. The number of anilines is 1. The second-order valence-corrected chi connectivity index (χ2v) is 5.79. The van der Waals surface area contributed by atoms with Gasteiger partial charge in [-0.3, -0.25) is 10.0 Å². The highest BCUT2D eigenvalue weighted by Gasteiger charge is 2.20. The van der Waals surface area contributed by atoms with Crippen LogP contribution in [0.1, 0.15) is 21.6 Å². The van der Waals surface area contributed by atoms with Crippen LogP contribution in [-0.2, 0) is 13.0 Å². The summed E-state index contributed by atoms with van der Waals surface area (Å²) in [5.74, 6) is -0.493. The van der Waals surface area contributed by atoms with Gasteiger partial charge < -0.3 is 9.88 Å². The average molecular weight is 307 g/mol. The summed E-state index contributed by atoms with van der Waals surface area (Å²) < 4.78 is 0. The molecule has 1 aromatic heterocycles. The van der Waals surface area contributed by atoms with Crippen LogP contribution in [0.4, 0.5) is 5.69 Å². The number of carbonyl (C=O) groups excluding carboxylic acids is 1. The number of aromatic amines is 1. The number of rotatable bonds is 2. The van der Waals surface area contributed by atoms with Crippen molar-refractivity contribution in [3.8, 4) is 0 Å². The SMILES string of the molecule is O=C(NO)c1ccc(N2CCc3c([nH]c4ccccc34)C2)cc1. The van der Waals surface area contributed by atoms with Crippen LogP contribution in [0.2, 0.25) is 0 Å². The summed E-state index contributed by atoms with van der Waals surface area (Å²) >= 11 is 0. The molecule has 0 fully saturated rings. The molecule has 0 saturated carbocycles. The van der Waals surface area contributed by atoms with Gasteiger partial charge in [0.05, 0.1) is 6.54 Å². The van der Waals surface area contributed by atoms with Crippen LogP contribution in [0.3, 0.4) is 0 Å². The van der Waals surface area contributed by atoms with Crippen molar-refractivity contribution in [3.63, 3.8) is 0 Å². The second-order valence-electron chi connectivity index (χ2n) is 5.79. The number of fused-ring (bicyclic) bond motifs is 3. The molecule has 1 aliphatic rings. The van der Waals surface area contributed by atoms with Crippen molar-refractivity contribution in [1.29, 1.82) is 0 Å². The summed E-state index contributed by atoms with van der Waals surface area (Å²) in [6.45, 7) is 1.77. The molecule has 2 heterocycles. The van der Waals surface area contributed by atoms with E-state index in [4.69, 9.17) is 5.21 Å². The van der Waals surface area contributed by atoms with Crippen molar-refractivity contribution in [3.05, 3.63) is 65.4 Å². The number of nitrogens with zero attached hydrogens (tertiary/aromatic N) is 1. The molecule has 0 radical (unpaired) electrons. The molecule has 116 valence electrons. The molecule has 0 atom stereocenters. The first-order valence-corrected chi connectivity index (χ1v) is 7.64. The summed E-state index contributed by atoms with van der Waals surface area (Å²) in [5.41, 5.74) is 7.03. The van der Waals surface area contributed by atoms with Crippen molar-refractivity contribution in [1.82, 2.24) is 10.5 Å². The molecule has 3 N–H and O–H groups in total. The molecule has 2 aromatic carbocycles. The van der Waals surface area contributed by atoms with Gasteiger partial charge in [0, 0.05) is 34.4 Å². The van der Waals surface area contributed by atoms with Gasteiger partial charge in [-0.1, -0.05) is 18.2 Å². The summed E-state index contributed by atoms with van der Waals surface area (Å²) in [5, 5.41) is 9.99. The number of nitrogens with one attached hydrogen (secondary N) is 2. The zero-order valence-electron chi connectivity index (χ0n) is 12.5. The minimum Gasteiger partial charge on any atom is -0.365 e. The van der Waals surface area contributed by atoms with E-state index in [0.29, 0.717) is 5.56 Å². The normalized spacial score (nSPS) is 13.9. The van der Waals surface area contributed by atoms with E-state index in [1.807, 2.05) is 18.2 Å². The molecule has 5 heteroatoms. The first-order valence-electron chi connectivity index (χ1n) is 7.64. The van der Waals surface area contributed by atoms with Crippen LogP contribution in [-0.4, -0.2) is 22.6 Å². The third-order valence-electron chi connectivity index (χ3n) is 4.48. The Morgan fingerprint density at radius 3 is 2.70 bits per heavy atom. The Bertz CT molecular complexity index is 868. The summed E-state index contributed by atoms with van der Waals surface area (Å²) in [6, 6.07) is 15.7. The molecule has 1 aliphatic heterocycles. The van der Waals surface area contributed by atoms with Gasteiger partial charge in [-0.15, -0.1) is 0 Å². The number of para-hydroxylation sites is 1. The lowest BCUT2D eigenvalue weighted by molar-refractivity contribution is 0.0706. The summed E-state index contributed by atoms with van der Waals surface area (Å²) in [4.78, 5) is 17.2. The van der Waals surface area contributed by atoms with Crippen LogP contribution in [0.25, 0.3) is 10.9 Å². The van der Waals surface area contributed by atoms with Gasteiger partial charge >= 0.3 is 0 Å². The highest BCUT2D eigenvalue weighted by Crippen LogP contribution is 2.29. The number of hydroxylamine groups is 1. The summed E-state index contributed by atoms with van der Waals surface area (Å²) in [7, 11) is 0. The van der Waals surface area contributed by atoms with E-state index >= 15 is 0 Å². The van der Waals surface area contributed by atoms with Gasteiger partial charge in [-0.2, -0.15) is 0 Å². The first kappa shape index (κ1) is 13.8. The fraction of sp³-hybridized carbons (Fsp3) is 0.167. The lowest BCUT2D eigenvalue weighted by atomic mass is 10.0. The van der Waals surface area contributed by atoms with Crippen molar-refractivity contribution in [2.45, 2.75) is 13.0 Å². The number of amides is 1. The number of benzene rings is 2. The summed E-state index contributed by atoms with van der Waals surface area (Å²) in [6.07, 6.45) is 0.998. The third kappa shape index (κ3) is 2.35. The molecular formula is C18H17N3O2. The standard InChI is InChI=1S/C18H17N3O2/c22-18(20-23)12-5-7-13(8-6-12)21-10-9-15-14-3-1-2-4-16(14)19-17(15)11-21/h1-8,19,23H,9-11H2,(H,20,22). The largest absolute Gasteiger partial charge is 0.365 e. The molecule has 0 saturated heterocycles. The monoisotopic (exact) mass is 307 g/mol. The zero-order chi connectivity index (χ0) is 15.8. The molecule has 3 aromatic rings. The minimum absolute atomic E-state index is 0.444. The molecule has 0 spiro atoms. The predicted molar refractivity (Wildman–Crippen MR) is 88.7 cm³/mol. The predicted octanol–water partition coefficient (Wildman–Crippen LogP) is 2.85. The van der Waals surface area contributed by atoms with Gasteiger partial charge in [0.1, 0.15) is 0 Å². The van der Waals surface area contributed by atoms with Gasteiger partial charge in [-0.25, -0.2) is 5.48 Å². The third-order valence-corrected chi connectivity index (χ3v) is 4.48. The molecule has 1 amide bonds. The van der Waals surface area contributed by atoms with Crippen LogP contribution in [0, 0.1) is 0 Å². The number of H-pyrrole nitrogens is 1. The smallest absolute Gasteiger partial charge is 0.274 e.